The van der Waals surface area contributed by atoms with Crippen LogP contribution in [0, 0.1) is 6.92 Å². The van der Waals surface area contributed by atoms with Crippen molar-refractivity contribution in [1.29, 1.82) is 0 Å². The zero-order valence-electron chi connectivity index (χ0n) is 19.0. The van der Waals surface area contributed by atoms with Crippen molar-refractivity contribution in [3.05, 3.63) is 71.6 Å². The number of aryl methyl sites for hydroxylation is 2. The van der Waals surface area contributed by atoms with Crippen molar-refractivity contribution >= 4 is 5.91 Å². The van der Waals surface area contributed by atoms with Gasteiger partial charge in [0.25, 0.3) is 0 Å². The Morgan fingerprint density at radius 1 is 1.22 bits per heavy atom. The lowest BCUT2D eigenvalue weighted by Gasteiger charge is -2.26. The third kappa shape index (κ3) is 4.64. The molecule has 1 aromatic carbocycles. The van der Waals surface area contributed by atoms with Gasteiger partial charge in [-0.1, -0.05) is 19.1 Å². The molecule has 2 aromatic heterocycles. The number of methoxy groups -OCH3 is 1. The first kappa shape index (κ1) is 21.9. The standard InChI is InChI=1S/C26H30N4O2/c1-4-6-24-28-17-21(20-10-12-27-13-11-20)26(29-24)22-7-5-14-30(22)25(31)16-19-8-9-23(32-3)18(2)15-19/h8-13,15,17,22H,4-7,14,16H2,1-3H3. The van der Waals surface area contributed by atoms with Gasteiger partial charge in [-0.05, 0) is 61.1 Å². The van der Waals surface area contributed by atoms with Crippen LogP contribution in [0.5, 0.6) is 5.75 Å². The quantitative estimate of drug-likeness (QED) is 0.543. The molecule has 3 aromatic rings. The molecule has 1 fully saturated rings. The third-order valence-electron chi connectivity index (χ3n) is 6.04. The summed E-state index contributed by atoms with van der Waals surface area (Å²) in [5.41, 5.74) is 5.00. The molecule has 0 N–H and O–H groups in total. The van der Waals surface area contributed by atoms with Crippen LogP contribution in [0.25, 0.3) is 11.1 Å². The van der Waals surface area contributed by atoms with E-state index < -0.39 is 0 Å². The monoisotopic (exact) mass is 430 g/mol. The highest BCUT2D eigenvalue weighted by Crippen LogP contribution is 2.37. The van der Waals surface area contributed by atoms with Crippen molar-refractivity contribution in [1.82, 2.24) is 19.9 Å². The summed E-state index contributed by atoms with van der Waals surface area (Å²) < 4.78 is 5.35. The smallest absolute Gasteiger partial charge is 0.227 e. The zero-order valence-corrected chi connectivity index (χ0v) is 19.0. The summed E-state index contributed by atoms with van der Waals surface area (Å²) in [6, 6.07) is 9.85. The highest BCUT2D eigenvalue weighted by molar-refractivity contribution is 5.80. The van der Waals surface area contributed by atoms with Crippen molar-refractivity contribution in [3.63, 3.8) is 0 Å². The summed E-state index contributed by atoms with van der Waals surface area (Å²) in [6.07, 6.45) is 9.54. The summed E-state index contributed by atoms with van der Waals surface area (Å²) in [5, 5.41) is 0. The minimum absolute atomic E-state index is 0.0383. The van der Waals surface area contributed by atoms with Crippen molar-refractivity contribution in [3.8, 4) is 16.9 Å². The number of benzene rings is 1. The summed E-state index contributed by atoms with van der Waals surface area (Å²) in [4.78, 5) is 29.1. The van der Waals surface area contributed by atoms with Gasteiger partial charge in [-0.3, -0.25) is 9.78 Å². The van der Waals surface area contributed by atoms with E-state index in [9.17, 15) is 4.79 Å². The molecule has 6 nitrogen and oxygen atoms in total. The Labute approximate surface area is 189 Å². The van der Waals surface area contributed by atoms with E-state index in [0.29, 0.717) is 6.42 Å². The van der Waals surface area contributed by atoms with Crippen LogP contribution in [-0.4, -0.2) is 39.4 Å². The van der Waals surface area contributed by atoms with Crippen LogP contribution < -0.4 is 4.74 Å². The van der Waals surface area contributed by atoms with Gasteiger partial charge >= 0.3 is 0 Å². The van der Waals surface area contributed by atoms with Crippen LogP contribution in [-0.2, 0) is 17.6 Å². The van der Waals surface area contributed by atoms with E-state index in [2.05, 4.69) is 16.9 Å². The molecule has 32 heavy (non-hydrogen) atoms. The predicted molar refractivity (Wildman–Crippen MR) is 124 cm³/mol. The second kappa shape index (κ2) is 9.90. The first-order valence-corrected chi connectivity index (χ1v) is 11.3. The van der Waals surface area contributed by atoms with Crippen molar-refractivity contribution in [2.24, 2.45) is 0 Å². The van der Waals surface area contributed by atoms with Gasteiger partial charge < -0.3 is 9.64 Å². The Bertz CT molecular complexity index is 1080. The van der Waals surface area contributed by atoms with Gasteiger partial charge in [0.15, 0.2) is 0 Å². The normalized spacial score (nSPS) is 15.7. The van der Waals surface area contributed by atoms with Crippen molar-refractivity contribution < 1.29 is 9.53 Å². The molecule has 0 spiro atoms. The van der Waals surface area contributed by atoms with Crippen molar-refractivity contribution in [2.75, 3.05) is 13.7 Å². The summed E-state index contributed by atoms with van der Waals surface area (Å²) >= 11 is 0. The number of carbonyl (C=O) groups excluding carboxylic acids is 1. The van der Waals surface area contributed by atoms with Crippen molar-refractivity contribution in [2.45, 2.75) is 52.0 Å². The van der Waals surface area contributed by atoms with E-state index in [-0.39, 0.29) is 11.9 Å². The molecular weight excluding hydrogens is 400 g/mol. The third-order valence-corrected chi connectivity index (χ3v) is 6.04. The molecule has 0 aliphatic carbocycles. The summed E-state index contributed by atoms with van der Waals surface area (Å²) in [5.74, 6) is 1.81. The number of hydrogen-bond donors (Lipinski definition) is 0. The molecule has 1 aliphatic rings. The minimum atomic E-state index is -0.0383. The van der Waals surface area contributed by atoms with E-state index in [1.54, 1.807) is 19.5 Å². The highest BCUT2D eigenvalue weighted by atomic mass is 16.5. The van der Waals surface area contributed by atoms with Gasteiger partial charge in [0, 0.05) is 37.1 Å². The second-order valence-corrected chi connectivity index (χ2v) is 8.30. The number of rotatable bonds is 7. The number of likely N-dealkylation sites (tertiary alicyclic amines) is 1. The van der Waals surface area contributed by atoms with E-state index in [1.807, 2.05) is 48.4 Å². The average Bonchev–Trinajstić information content (AvgIpc) is 3.30. The number of pyridine rings is 1. The molecule has 6 heteroatoms. The van der Waals surface area contributed by atoms with E-state index >= 15 is 0 Å². The molecule has 1 amide bonds. The van der Waals surface area contributed by atoms with Crippen LogP contribution in [0.3, 0.4) is 0 Å². The maximum Gasteiger partial charge on any atom is 0.227 e. The lowest BCUT2D eigenvalue weighted by Crippen LogP contribution is -2.32. The molecule has 1 saturated heterocycles. The molecule has 166 valence electrons. The van der Waals surface area contributed by atoms with E-state index in [0.717, 1.165) is 71.7 Å². The number of aromatic nitrogens is 3. The SMILES string of the molecule is CCCc1ncc(-c2ccncc2)c(C2CCCN2C(=O)Cc2ccc(OC)c(C)c2)n1. The number of amides is 1. The molecular formula is C26H30N4O2. The van der Waals surface area contributed by atoms with Crippen LogP contribution >= 0.6 is 0 Å². The molecule has 3 heterocycles. The van der Waals surface area contributed by atoms with Crippen LogP contribution in [0.2, 0.25) is 0 Å². The molecule has 1 aliphatic heterocycles. The van der Waals surface area contributed by atoms with Crippen LogP contribution in [0.15, 0.2) is 48.9 Å². The Morgan fingerprint density at radius 2 is 2.03 bits per heavy atom. The van der Waals surface area contributed by atoms with E-state index in [1.165, 1.54) is 0 Å². The maximum absolute atomic E-state index is 13.4. The number of ether oxygens (including phenoxy) is 1. The zero-order chi connectivity index (χ0) is 22.5. The minimum Gasteiger partial charge on any atom is -0.496 e. The predicted octanol–water partition coefficient (Wildman–Crippen LogP) is 4.71. The largest absolute Gasteiger partial charge is 0.496 e. The number of carbonyl (C=O) groups is 1. The van der Waals surface area contributed by atoms with Crippen LogP contribution in [0.1, 0.15) is 54.9 Å². The second-order valence-electron chi connectivity index (χ2n) is 8.30. The van der Waals surface area contributed by atoms with Gasteiger partial charge in [0.05, 0.1) is 25.3 Å². The lowest BCUT2D eigenvalue weighted by atomic mass is 10.00. The lowest BCUT2D eigenvalue weighted by molar-refractivity contribution is -0.131. The van der Waals surface area contributed by atoms with Gasteiger partial charge in [-0.2, -0.15) is 0 Å². The Morgan fingerprint density at radius 3 is 2.75 bits per heavy atom. The van der Waals surface area contributed by atoms with Crippen LogP contribution in [0.4, 0.5) is 0 Å². The Kier molecular flexibility index (Phi) is 6.78. The van der Waals surface area contributed by atoms with E-state index in [4.69, 9.17) is 9.72 Å². The fourth-order valence-corrected chi connectivity index (χ4v) is 4.46. The Balaban J connectivity index is 1.64. The van der Waals surface area contributed by atoms with Gasteiger partial charge in [0.2, 0.25) is 5.91 Å². The topological polar surface area (TPSA) is 68.2 Å². The number of nitrogens with zero attached hydrogens (tertiary/aromatic N) is 4. The fraction of sp³-hybridized carbons (Fsp3) is 0.385. The average molecular weight is 431 g/mol. The van der Waals surface area contributed by atoms with Gasteiger partial charge in [-0.25, -0.2) is 9.97 Å². The first-order chi connectivity index (χ1) is 15.6. The summed E-state index contributed by atoms with van der Waals surface area (Å²) in [7, 11) is 1.66. The molecule has 0 saturated carbocycles. The molecule has 4 rings (SSSR count). The molecule has 0 bridgehead atoms. The summed E-state index contributed by atoms with van der Waals surface area (Å²) in [6.45, 7) is 4.88. The highest BCUT2D eigenvalue weighted by Gasteiger charge is 2.33. The van der Waals surface area contributed by atoms with Gasteiger partial charge in [0.1, 0.15) is 11.6 Å². The van der Waals surface area contributed by atoms with Gasteiger partial charge in [-0.15, -0.1) is 0 Å². The maximum atomic E-state index is 13.4. The molecule has 0 radical (unpaired) electrons. The Hall–Kier alpha value is -3.28. The first-order valence-electron chi connectivity index (χ1n) is 11.3. The fourth-order valence-electron chi connectivity index (χ4n) is 4.46. The molecule has 1 atom stereocenters. The molecule has 1 unspecified atom stereocenters. The number of hydrogen-bond acceptors (Lipinski definition) is 5.